The predicted molar refractivity (Wildman–Crippen MR) is 79.9 cm³/mol. The van der Waals surface area contributed by atoms with Crippen LogP contribution in [0.25, 0.3) is 0 Å². The quantitative estimate of drug-likeness (QED) is 0.876. The average Bonchev–Trinajstić information content (AvgIpc) is 2.48. The number of benzene rings is 1. The van der Waals surface area contributed by atoms with E-state index in [4.69, 9.17) is 16.3 Å². The fraction of sp³-hybridized carbons (Fsp3) is 0.533. The standard InChI is InChI=1S/C15H21ClN2O2/c1-20-14(11-5-4-6-12(16)9-11)10-18-15(19)13-7-2-3-8-17-13/h4-6,9,13-14,17H,2-3,7-8,10H2,1H3,(H,18,19). The SMILES string of the molecule is COC(CNC(=O)C1CCCCN1)c1cccc(Cl)c1. The molecule has 1 saturated heterocycles. The summed E-state index contributed by atoms with van der Waals surface area (Å²) in [6.45, 7) is 1.37. The topological polar surface area (TPSA) is 50.4 Å². The van der Waals surface area contributed by atoms with Gasteiger partial charge in [0.1, 0.15) is 0 Å². The first-order valence-electron chi connectivity index (χ1n) is 7.00. The Morgan fingerprint density at radius 3 is 3.05 bits per heavy atom. The molecule has 2 N–H and O–H groups in total. The number of carbonyl (C=O) groups excluding carboxylic acids is 1. The van der Waals surface area contributed by atoms with Crippen molar-refractivity contribution in [1.82, 2.24) is 10.6 Å². The van der Waals surface area contributed by atoms with Crippen LogP contribution in [-0.2, 0) is 9.53 Å². The van der Waals surface area contributed by atoms with Crippen molar-refractivity contribution in [2.75, 3.05) is 20.2 Å². The summed E-state index contributed by atoms with van der Waals surface area (Å²) >= 11 is 5.98. The second-order valence-electron chi connectivity index (χ2n) is 5.03. The zero-order chi connectivity index (χ0) is 14.4. The number of methoxy groups -OCH3 is 1. The summed E-state index contributed by atoms with van der Waals surface area (Å²) in [4.78, 5) is 12.1. The van der Waals surface area contributed by atoms with Crippen LogP contribution in [0, 0.1) is 0 Å². The van der Waals surface area contributed by atoms with Gasteiger partial charge in [-0.25, -0.2) is 0 Å². The number of carbonyl (C=O) groups is 1. The van der Waals surface area contributed by atoms with Crippen LogP contribution in [0.4, 0.5) is 0 Å². The first-order chi connectivity index (χ1) is 9.70. The van der Waals surface area contributed by atoms with E-state index >= 15 is 0 Å². The van der Waals surface area contributed by atoms with Crippen molar-refractivity contribution >= 4 is 17.5 Å². The van der Waals surface area contributed by atoms with Crippen molar-refractivity contribution in [2.45, 2.75) is 31.4 Å². The zero-order valence-corrected chi connectivity index (χ0v) is 12.5. The third-order valence-corrected chi connectivity index (χ3v) is 3.83. The maximum atomic E-state index is 12.1. The molecule has 2 atom stereocenters. The summed E-state index contributed by atoms with van der Waals surface area (Å²) in [6, 6.07) is 7.45. The Balaban J connectivity index is 1.88. The molecule has 1 fully saturated rings. The van der Waals surface area contributed by atoms with E-state index in [0.29, 0.717) is 11.6 Å². The van der Waals surface area contributed by atoms with Gasteiger partial charge in [-0.1, -0.05) is 30.2 Å². The molecular weight excluding hydrogens is 276 g/mol. The molecule has 1 aliphatic rings. The molecular formula is C15H21ClN2O2. The van der Waals surface area contributed by atoms with E-state index in [1.807, 2.05) is 24.3 Å². The van der Waals surface area contributed by atoms with Gasteiger partial charge in [-0.05, 0) is 37.1 Å². The summed E-state index contributed by atoms with van der Waals surface area (Å²) in [5.41, 5.74) is 0.969. The molecule has 0 aliphatic carbocycles. The third kappa shape index (κ3) is 4.20. The lowest BCUT2D eigenvalue weighted by Crippen LogP contribution is -2.47. The molecule has 0 radical (unpaired) electrons. The molecule has 0 aromatic heterocycles. The number of nitrogens with one attached hydrogen (secondary N) is 2. The molecule has 2 unspecified atom stereocenters. The fourth-order valence-corrected chi connectivity index (χ4v) is 2.63. The first-order valence-corrected chi connectivity index (χ1v) is 7.38. The van der Waals surface area contributed by atoms with Gasteiger partial charge in [0.25, 0.3) is 0 Å². The number of amides is 1. The van der Waals surface area contributed by atoms with Crippen LogP contribution in [0.15, 0.2) is 24.3 Å². The molecule has 1 amide bonds. The fourth-order valence-electron chi connectivity index (χ4n) is 2.44. The lowest BCUT2D eigenvalue weighted by atomic mass is 10.0. The highest BCUT2D eigenvalue weighted by molar-refractivity contribution is 6.30. The van der Waals surface area contributed by atoms with Crippen LogP contribution in [-0.4, -0.2) is 32.1 Å². The van der Waals surface area contributed by atoms with Gasteiger partial charge in [0, 0.05) is 18.7 Å². The minimum atomic E-state index is -0.179. The highest BCUT2D eigenvalue weighted by atomic mass is 35.5. The Labute approximate surface area is 124 Å². The van der Waals surface area contributed by atoms with E-state index in [-0.39, 0.29) is 18.1 Å². The van der Waals surface area contributed by atoms with Crippen LogP contribution in [0.1, 0.15) is 30.9 Å². The third-order valence-electron chi connectivity index (χ3n) is 3.59. The maximum Gasteiger partial charge on any atom is 0.237 e. The number of hydrogen-bond acceptors (Lipinski definition) is 3. The van der Waals surface area contributed by atoms with Crippen LogP contribution >= 0.6 is 11.6 Å². The van der Waals surface area contributed by atoms with Crippen molar-refractivity contribution in [1.29, 1.82) is 0 Å². The lowest BCUT2D eigenvalue weighted by molar-refractivity contribution is -0.124. The van der Waals surface area contributed by atoms with Crippen LogP contribution in [0.2, 0.25) is 5.02 Å². The predicted octanol–water partition coefficient (Wildman–Crippen LogP) is 2.29. The summed E-state index contributed by atoms with van der Waals surface area (Å²) < 4.78 is 5.44. The molecule has 1 aromatic carbocycles. The van der Waals surface area contributed by atoms with E-state index in [9.17, 15) is 4.79 Å². The van der Waals surface area contributed by atoms with Crippen molar-refractivity contribution in [3.05, 3.63) is 34.9 Å². The number of rotatable bonds is 5. The Morgan fingerprint density at radius 2 is 2.40 bits per heavy atom. The van der Waals surface area contributed by atoms with Gasteiger partial charge in [-0.3, -0.25) is 4.79 Å². The lowest BCUT2D eigenvalue weighted by Gasteiger charge is -2.24. The molecule has 4 nitrogen and oxygen atoms in total. The Kier molecular flexibility index (Phi) is 5.83. The van der Waals surface area contributed by atoms with E-state index < -0.39 is 0 Å². The molecule has 5 heteroatoms. The van der Waals surface area contributed by atoms with Crippen molar-refractivity contribution < 1.29 is 9.53 Å². The molecule has 1 aliphatic heterocycles. The monoisotopic (exact) mass is 296 g/mol. The normalized spacial score (nSPS) is 20.4. The summed E-state index contributed by atoms with van der Waals surface area (Å²) in [5.74, 6) is 0.0498. The number of ether oxygens (including phenoxy) is 1. The van der Waals surface area contributed by atoms with E-state index in [0.717, 1.165) is 31.4 Å². The van der Waals surface area contributed by atoms with E-state index in [1.54, 1.807) is 7.11 Å². The van der Waals surface area contributed by atoms with Crippen molar-refractivity contribution in [3.63, 3.8) is 0 Å². The van der Waals surface area contributed by atoms with Gasteiger partial charge in [0.05, 0.1) is 12.1 Å². The largest absolute Gasteiger partial charge is 0.375 e. The number of piperidine rings is 1. The van der Waals surface area contributed by atoms with Gasteiger partial charge in [-0.2, -0.15) is 0 Å². The molecule has 20 heavy (non-hydrogen) atoms. The average molecular weight is 297 g/mol. The minimum absolute atomic E-state index is 0.0498. The number of hydrogen-bond donors (Lipinski definition) is 2. The summed E-state index contributed by atoms with van der Waals surface area (Å²) in [6.07, 6.45) is 2.97. The second-order valence-corrected chi connectivity index (χ2v) is 5.46. The van der Waals surface area contributed by atoms with Crippen LogP contribution < -0.4 is 10.6 Å². The molecule has 1 aromatic rings. The highest BCUT2D eigenvalue weighted by Gasteiger charge is 2.21. The van der Waals surface area contributed by atoms with E-state index in [2.05, 4.69) is 10.6 Å². The molecule has 0 saturated carbocycles. The molecule has 1 heterocycles. The first kappa shape index (κ1) is 15.3. The van der Waals surface area contributed by atoms with Gasteiger partial charge < -0.3 is 15.4 Å². The summed E-state index contributed by atoms with van der Waals surface area (Å²) in [7, 11) is 1.64. The second kappa shape index (κ2) is 7.62. The van der Waals surface area contributed by atoms with Gasteiger partial charge in [0.2, 0.25) is 5.91 Å². The smallest absolute Gasteiger partial charge is 0.237 e. The molecule has 110 valence electrons. The molecule has 0 bridgehead atoms. The molecule has 2 rings (SSSR count). The Hall–Kier alpha value is -1.10. The van der Waals surface area contributed by atoms with E-state index in [1.165, 1.54) is 0 Å². The Bertz CT molecular complexity index is 447. The minimum Gasteiger partial charge on any atom is -0.375 e. The van der Waals surface area contributed by atoms with Crippen LogP contribution in [0.3, 0.4) is 0 Å². The number of halogens is 1. The van der Waals surface area contributed by atoms with Gasteiger partial charge in [0.15, 0.2) is 0 Å². The zero-order valence-electron chi connectivity index (χ0n) is 11.7. The maximum absolute atomic E-state index is 12.1. The van der Waals surface area contributed by atoms with Gasteiger partial charge >= 0.3 is 0 Å². The van der Waals surface area contributed by atoms with Crippen molar-refractivity contribution in [2.24, 2.45) is 0 Å². The van der Waals surface area contributed by atoms with Crippen LogP contribution in [0.5, 0.6) is 0 Å². The van der Waals surface area contributed by atoms with Crippen molar-refractivity contribution in [3.8, 4) is 0 Å². The van der Waals surface area contributed by atoms with Gasteiger partial charge in [-0.15, -0.1) is 0 Å². The molecule has 0 spiro atoms. The summed E-state index contributed by atoms with van der Waals surface area (Å²) in [5, 5.41) is 6.86. The highest BCUT2D eigenvalue weighted by Crippen LogP contribution is 2.19. The Morgan fingerprint density at radius 1 is 1.55 bits per heavy atom.